The summed E-state index contributed by atoms with van der Waals surface area (Å²) in [5.41, 5.74) is 10.3. The van der Waals surface area contributed by atoms with Crippen LogP contribution in [0.25, 0.3) is 0 Å². The Balaban J connectivity index is 3.69. The Hall–Kier alpha value is -0.170. The Bertz CT molecular complexity index is 177. The first-order valence-corrected chi connectivity index (χ1v) is 4.47. The van der Waals surface area contributed by atoms with Crippen LogP contribution < -0.4 is 11.5 Å². The molecule has 5 N–H and O–H groups in total. The van der Waals surface area contributed by atoms with Gasteiger partial charge in [-0.1, -0.05) is 0 Å². The molecule has 62 valence electrons. The molecule has 1 unspecified atom stereocenters. The predicted octanol–water partition coefficient (Wildman–Crippen LogP) is -1.45. The van der Waals surface area contributed by atoms with E-state index in [-0.39, 0.29) is 0 Å². The molecule has 0 amide bonds. The van der Waals surface area contributed by atoms with Gasteiger partial charge in [0.2, 0.25) is 0 Å². The summed E-state index contributed by atoms with van der Waals surface area (Å²) in [5, 5.41) is 0. The highest BCUT2D eigenvalue weighted by atomic mass is 32.2. The summed E-state index contributed by atoms with van der Waals surface area (Å²) in [7, 11) is -3.93. The van der Waals surface area contributed by atoms with Crippen molar-refractivity contribution in [1.82, 2.24) is 0 Å². The largest absolute Gasteiger partial charge is 0.330 e. The minimum absolute atomic E-state index is 0.330. The maximum Gasteiger partial charge on any atom is 0.266 e. The van der Waals surface area contributed by atoms with Gasteiger partial charge in [-0.05, 0) is 13.0 Å². The highest BCUT2D eigenvalue weighted by molar-refractivity contribution is 7.85. The molecule has 0 aliphatic carbocycles. The third kappa shape index (κ3) is 5.96. The minimum atomic E-state index is -3.93. The lowest BCUT2D eigenvalue weighted by Crippen LogP contribution is -2.31. The standard InChI is InChI=1S/C4H12N2O3S/c5-2-1-4(6)3-10(7,8)9/h4H,1-3,5-6H2,(H,7,8,9). The molecule has 0 radical (unpaired) electrons. The van der Waals surface area contributed by atoms with Crippen LogP contribution in [0.3, 0.4) is 0 Å². The number of hydrogen-bond acceptors (Lipinski definition) is 4. The van der Waals surface area contributed by atoms with Crippen molar-refractivity contribution in [3.63, 3.8) is 0 Å². The van der Waals surface area contributed by atoms with E-state index >= 15 is 0 Å². The summed E-state index contributed by atoms with van der Waals surface area (Å²) in [6, 6.07) is -0.556. The van der Waals surface area contributed by atoms with Crippen molar-refractivity contribution in [2.75, 3.05) is 12.3 Å². The van der Waals surface area contributed by atoms with Gasteiger partial charge in [0.05, 0.1) is 5.75 Å². The predicted molar refractivity (Wildman–Crippen MR) is 38.1 cm³/mol. The Labute approximate surface area is 60.1 Å². The topological polar surface area (TPSA) is 106 Å². The number of hydrogen-bond donors (Lipinski definition) is 3. The van der Waals surface area contributed by atoms with Crippen LogP contribution in [-0.4, -0.2) is 31.3 Å². The van der Waals surface area contributed by atoms with Crippen molar-refractivity contribution >= 4 is 10.1 Å². The Morgan fingerprint density at radius 1 is 1.50 bits per heavy atom. The molecule has 0 aromatic rings. The molecule has 0 saturated carbocycles. The van der Waals surface area contributed by atoms with Crippen LogP contribution in [-0.2, 0) is 10.1 Å². The van der Waals surface area contributed by atoms with E-state index in [1.54, 1.807) is 0 Å². The average Bonchev–Trinajstić information content (AvgIpc) is 1.59. The maximum absolute atomic E-state index is 10.2. The normalized spacial score (nSPS) is 15.1. The molecular weight excluding hydrogens is 156 g/mol. The molecule has 0 spiro atoms. The van der Waals surface area contributed by atoms with Gasteiger partial charge in [-0.3, -0.25) is 4.55 Å². The lowest BCUT2D eigenvalue weighted by molar-refractivity contribution is 0.474. The second-order valence-corrected chi connectivity index (χ2v) is 3.58. The smallest absolute Gasteiger partial charge is 0.266 e. The zero-order valence-electron chi connectivity index (χ0n) is 5.53. The molecule has 0 heterocycles. The molecule has 0 aromatic heterocycles. The molecule has 0 aromatic carbocycles. The van der Waals surface area contributed by atoms with Crippen molar-refractivity contribution in [2.45, 2.75) is 12.5 Å². The van der Waals surface area contributed by atoms with E-state index in [9.17, 15) is 8.42 Å². The second kappa shape index (κ2) is 3.87. The van der Waals surface area contributed by atoms with Crippen molar-refractivity contribution in [1.29, 1.82) is 0 Å². The highest BCUT2D eigenvalue weighted by Gasteiger charge is 2.10. The summed E-state index contributed by atoms with van der Waals surface area (Å²) in [6.45, 7) is 0.330. The van der Waals surface area contributed by atoms with Crippen molar-refractivity contribution in [3.05, 3.63) is 0 Å². The van der Waals surface area contributed by atoms with Gasteiger partial charge >= 0.3 is 0 Å². The van der Waals surface area contributed by atoms with E-state index in [1.807, 2.05) is 0 Å². The van der Waals surface area contributed by atoms with Crippen LogP contribution in [0.4, 0.5) is 0 Å². The van der Waals surface area contributed by atoms with E-state index in [2.05, 4.69) is 0 Å². The van der Waals surface area contributed by atoms with Crippen LogP contribution in [0.1, 0.15) is 6.42 Å². The molecule has 5 nitrogen and oxygen atoms in total. The molecule has 1 atom stereocenters. The van der Waals surface area contributed by atoms with Gasteiger partial charge in [0, 0.05) is 6.04 Å². The Kier molecular flexibility index (Phi) is 3.80. The fourth-order valence-electron chi connectivity index (χ4n) is 0.568. The molecule has 0 bridgehead atoms. The fourth-order valence-corrected chi connectivity index (χ4v) is 1.28. The quantitative estimate of drug-likeness (QED) is 0.445. The Morgan fingerprint density at radius 3 is 2.30 bits per heavy atom. The molecule has 0 aliphatic rings. The lowest BCUT2D eigenvalue weighted by atomic mass is 10.2. The first-order chi connectivity index (χ1) is 4.45. The van der Waals surface area contributed by atoms with Gasteiger partial charge in [-0.2, -0.15) is 8.42 Å². The van der Waals surface area contributed by atoms with Crippen LogP contribution >= 0.6 is 0 Å². The van der Waals surface area contributed by atoms with E-state index < -0.39 is 21.9 Å². The van der Waals surface area contributed by atoms with Gasteiger partial charge in [0.25, 0.3) is 10.1 Å². The monoisotopic (exact) mass is 168 g/mol. The summed E-state index contributed by atoms with van der Waals surface area (Å²) >= 11 is 0. The maximum atomic E-state index is 10.2. The summed E-state index contributed by atoms with van der Waals surface area (Å²) in [4.78, 5) is 0. The number of nitrogens with two attached hydrogens (primary N) is 2. The van der Waals surface area contributed by atoms with Crippen LogP contribution in [0, 0.1) is 0 Å². The highest BCUT2D eigenvalue weighted by Crippen LogP contribution is 1.90. The summed E-state index contributed by atoms with van der Waals surface area (Å²) in [5.74, 6) is -0.413. The van der Waals surface area contributed by atoms with Crippen molar-refractivity contribution in [3.8, 4) is 0 Å². The fraction of sp³-hybridized carbons (Fsp3) is 1.00. The molecule has 0 aliphatic heterocycles. The average molecular weight is 168 g/mol. The van der Waals surface area contributed by atoms with Crippen LogP contribution in [0.5, 0.6) is 0 Å². The Morgan fingerprint density at radius 2 is 2.00 bits per heavy atom. The molecule has 0 fully saturated rings. The minimum Gasteiger partial charge on any atom is -0.330 e. The van der Waals surface area contributed by atoms with Gasteiger partial charge in [-0.25, -0.2) is 0 Å². The van der Waals surface area contributed by atoms with Crippen molar-refractivity contribution in [2.24, 2.45) is 11.5 Å². The van der Waals surface area contributed by atoms with Gasteiger partial charge in [-0.15, -0.1) is 0 Å². The van der Waals surface area contributed by atoms with E-state index in [0.29, 0.717) is 13.0 Å². The zero-order valence-corrected chi connectivity index (χ0v) is 6.34. The first-order valence-electron chi connectivity index (χ1n) is 2.86. The molecular formula is C4H12N2O3S. The van der Waals surface area contributed by atoms with E-state index in [4.69, 9.17) is 16.0 Å². The number of rotatable bonds is 4. The molecule has 10 heavy (non-hydrogen) atoms. The van der Waals surface area contributed by atoms with Crippen LogP contribution in [0.15, 0.2) is 0 Å². The van der Waals surface area contributed by atoms with E-state index in [1.165, 1.54) is 0 Å². The lowest BCUT2D eigenvalue weighted by Gasteiger charge is -2.05. The third-order valence-corrected chi connectivity index (χ3v) is 1.81. The van der Waals surface area contributed by atoms with Gasteiger partial charge in [0.1, 0.15) is 0 Å². The van der Waals surface area contributed by atoms with Gasteiger partial charge in [0.15, 0.2) is 0 Å². The third-order valence-electron chi connectivity index (χ3n) is 0.962. The zero-order chi connectivity index (χ0) is 8.20. The molecule has 6 heteroatoms. The first kappa shape index (κ1) is 9.83. The van der Waals surface area contributed by atoms with Crippen molar-refractivity contribution < 1.29 is 13.0 Å². The molecule has 0 rings (SSSR count). The van der Waals surface area contributed by atoms with E-state index in [0.717, 1.165) is 0 Å². The van der Waals surface area contributed by atoms with Gasteiger partial charge < -0.3 is 11.5 Å². The second-order valence-electron chi connectivity index (χ2n) is 2.09. The molecule has 0 saturated heterocycles. The SMILES string of the molecule is NCCC(N)CS(=O)(=O)O. The summed E-state index contributed by atoms with van der Waals surface area (Å²) < 4.78 is 28.6. The van der Waals surface area contributed by atoms with Crippen LogP contribution in [0.2, 0.25) is 0 Å². The summed E-state index contributed by atoms with van der Waals surface area (Å²) in [6.07, 6.45) is 0.403.